The molecule has 0 radical (unpaired) electrons. The molecule has 0 bridgehead atoms. The van der Waals surface area contributed by atoms with Crippen LogP contribution in [0.4, 0.5) is 0 Å². The molecule has 2 aromatic carbocycles. The molecule has 23 heavy (non-hydrogen) atoms. The third-order valence-electron chi connectivity index (χ3n) is 5.52. The van der Waals surface area contributed by atoms with Gasteiger partial charge >= 0.3 is 5.97 Å². The van der Waals surface area contributed by atoms with E-state index in [1.807, 2.05) is 36.4 Å². The van der Waals surface area contributed by atoms with E-state index in [0.717, 1.165) is 19.5 Å². The lowest BCUT2D eigenvalue weighted by molar-refractivity contribution is -0.143. The van der Waals surface area contributed by atoms with Crippen molar-refractivity contribution in [2.75, 3.05) is 13.1 Å². The Labute approximate surface area is 136 Å². The number of nitrogens with zero attached hydrogens (tertiary/aromatic N) is 1. The Morgan fingerprint density at radius 1 is 1.09 bits per heavy atom. The molecule has 1 heterocycles. The summed E-state index contributed by atoms with van der Waals surface area (Å²) in [6.07, 6.45) is 0.999. The van der Waals surface area contributed by atoms with E-state index in [4.69, 9.17) is 0 Å². The van der Waals surface area contributed by atoms with E-state index in [-0.39, 0.29) is 11.3 Å². The van der Waals surface area contributed by atoms with Crippen molar-refractivity contribution < 1.29 is 9.90 Å². The summed E-state index contributed by atoms with van der Waals surface area (Å²) in [7, 11) is 0. The van der Waals surface area contributed by atoms with Gasteiger partial charge in [-0.05, 0) is 23.5 Å². The molecular formula is C20H21NO2. The van der Waals surface area contributed by atoms with Gasteiger partial charge in [-0.25, -0.2) is 0 Å². The Hall–Kier alpha value is -2.13. The Bertz CT molecular complexity index is 700. The van der Waals surface area contributed by atoms with Crippen molar-refractivity contribution >= 4 is 5.97 Å². The molecule has 1 aliphatic carbocycles. The Kier molecular flexibility index (Phi) is 3.46. The normalized spacial score (nSPS) is 29.7. The van der Waals surface area contributed by atoms with Gasteiger partial charge in [-0.2, -0.15) is 0 Å². The summed E-state index contributed by atoms with van der Waals surface area (Å²) in [6, 6.07) is 20.7. The summed E-state index contributed by atoms with van der Waals surface area (Å²) < 4.78 is 0. The smallest absolute Gasteiger partial charge is 0.308 e. The highest BCUT2D eigenvalue weighted by atomic mass is 16.4. The maximum Gasteiger partial charge on any atom is 0.308 e. The lowest BCUT2D eigenvalue weighted by Gasteiger charge is -2.16. The highest BCUT2D eigenvalue weighted by Gasteiger charge is 2.65. The van der Waals surface area contributed by atoms with E-state index in [1.165, 1.54) is 11.1 Å². The maximum absolute atomic E-state index is 11.8. The van der Waals surface area contributed by atoms with Gasteiger partial charge in [0.25, 0.3) is 0 Å². The molecule has 3 nitrogen and oxygen atoms in total. The van der Waals surface area contributed by atoms with Gasteiger partial charge in [0.15, 0.2) is 0 Å². The van der Waals surface area contributed by atoms with Crippen molar-refractivity contribution in [3.63, 3.8) is 0 Å². The molecule has 3 heteroatoms. The van der Waals surface area contributed by atoms with Crippen LogP contribution in [0.25, 0.3) is 0 Å². The summed E-state index contributed by atoms with van der Waals surface area (Å²) >= 11 is 0. The van der Waals surface area contributed by atoms with Crippen molar-refractivity contribution in [3.05, 3.63) is 71.8 Å². The third-order valence-corrected chi connectivity index (χ3v) is 5.52. The summed E-state index contributed by atoms with van der Waals surface area (Å²) in [5, 5.41) is 9.71. The van der Waals surface area contributed by atoms with Crippen molar-refractivity contribution in [1.82, 2.24) is 4.90 Å². The average Bonchev–Trinajstić information content (AvgIpc) is 3.16. The van der Waals surface area contributed by atoms with Crippen LogP contribution in [0.3, 0.4) is 0 Å². The largest absolute Gasteiger partial charge is 0.481 e. The molecule has 2 fully saturated rings. The van der Waals surface area contributed by atoms with Gasteiger partial charge < -0.3 is 5.11 Å². The van der Waals surface area contributed by atoms with Crippen LogP contribution in [0.5, 0.6) is 0 Å². The fourth-order valence-corrected chi connectivity index (χ4v) is 4.33. The minimum absolute atomic E-state index is 0.0675. The van der Waals surface area contributed by atoms with Crippen LogP contribution in [-0.2, 0) is 11.3 Å². The number of carbonyl (C=O) groups is 1. The third kappa shape index (κ3) is 2.55. The highest BCUT2D eigenvalue weighted by molar-refractivity contribution is 5.73. The zero-order valence-corrected chi connectivity index (χ0v) is 13.1. The predicted octanol–water partition coefficient (Wildman–Crippen LogP) is 3.38. The first-order valence-electron chi connectivity index (χ1n) is 8.23. The Morgan fingerprint density at radius 2 is 1.74 bits per heavy atom. The van der Waals surface area contributed by atoms with Gasteiger partial charge in [-0.3, -0.25) is 9.69 Å². The van der Waals surface area contributed by atoms with E-state index in [2.05, 4.69) is 29.2 Å². The molecule has 2 aliphatic rings. The minimum Gasteiger partial charge on any atom is -0.481 e. The zero-order valence-electron chi connectivity index (χ0n) is 13.1. The molecule has 1 N–H and O–H groups in total. The fourth-order valence-electron chi connectivity index (χ4n) is 4.33. The van der Waals surface area contributed by atoms with Crippen LogP contribution in [-0.4, -0.2) is 29.1 Å². The molecule has 2 aromatic rings. The quantitative estimate of drug-likeness (QED) is 0.941. The summed E-state index contributed by atoms with van der Waals surface area (Å²) in [5.41, 5.74) is 2.48. The molecule has 3 atom stereocenters. The Balaban J connectivity index is 1.54. The van der Waals surface area contributed by atoms with Gasteiger partial charge in [-0.15, -0.1) is 0 Å². The molecule has 118 valence electrons. The second-order valence-electron chi connectivity index (χ2n) is 6.95. The standard InChI is InChI=1S/C20H21NO2/c22-19(23)18-13-21(12-15-7-3-1-4-8-15)14-20(18)11-17(20)16-9-5-2-6-10-16/h1-10,17-18H,11-14H2,(H,22,23)/t17-,18+,20?/m0/s1. The van der Waals surface area contributed by atoms with Gasteiger partial charge in [-0.1, -0.05) is 60.7 Å². The zero-order chi connectivity index (χ0) is 15.9. The molecular weight excluding hydrogens is 286 g/mol. The lowest BCUT2D eigenvalue weighted by atomic mass is 9.88. The first kappa shape index (κ1) is 14.5. The van der Waals surface area contributed by atoms with Crippen LogP contribution >= 0.6 is 0 Å². The number of hydrogen-bond donors (Lipinski definition) is 1. The number of hydrogen-bond acceptors (Lipinski definition) is 2. The highest BCUT2D eigenvalue weighted by Crippen LogP contribution is 2.66. The van der Waals surface area contributed by atoms with Gasteiger partial charge in [0.1, 0.15) is 0 Å². The number of carboxylic acid groups (broad SMARTS) is 1. The summed E-state index contributed by atoms with van der Waals surface area (Å²) in [5.74, 6) is -0.499. The fraction of sp³-hybridized carbons (Fsp3) is 0.350. The molecule has 1 saturated carbocycles. The molecule has 0 amide bonds. The van der Waals surface area contributed by atoms with Gasteiger partial charge in [0.2, 0.25) is 0 Å². The number of benzene rings is 2. The minimum atomic E-state index is -0.640. The van der Waals surface area contributed by atoms with Crippen molar-refractivity contribution in [2.24, 2.45) is 11.3 Å². The topological polar surface area (TPSA) is 40.5 Å². The second kappa shape index (κ2) is 5.50. The van der Waals surface area contributed by atoms with E-state index in [9.17, 15) is 9.90 Å². The van der Waals surface area contributed by atoms with Crippen molar-refractivity contribution in [2.45, 2.75) is 18.9 Å². The van der Waals surface area contributed by atoms with Crippen LogP contribution in [0.15, 0.2) is 60.7 Å². The van der Waals surface area contributed by atoms with Crippen molar-refractivity contribution in [1.29, 1.82) is 0 Å². The number of rotatable bonds is 4. The predicted molar refractivity (Wildman–Crippen MR) is 89.1 cm³/mol. The monoisotopic (exact) mass is 307 g/mol. The number of carboxylic acids is 1. The van der Waals surface area contributed by atoms with E-state index in [0.29, 0.717) is 12.5 Å². The second-order valence-corrected chi connectivity index (χ2v) is 6.95. The van der Waals surface area contributed by atoms with E-state index < -0.39 is 5.97 Å². The van der Waals surface area contributed by atoms with E-state index >= 15 is 0 Å². The molecule has 4 rings (SSSR count). The maximum atomic E-state index is 11.8. The summed E-state index contributed by atoms with van der Waals surface area (Å²) in [6.45, 7) is 2.39. The number of aliphatic carboxylic acids is 1. The molecule has 1 spiro atoms. The van der Waals surface area contributed by atoms with Crippen LogP contribution in [0, 0.1) is 11.3 Å². The average molecular weight is 307 g/mol. The first-order valence-corrected chi connectivity index (χ1v) is 8.23. The molecule has 1 aliphatic heterocycles. The first-order chi connectivity index (χ1) is 11.2. The lowest BCUT2D eigenvalue weighted by Crippen LogP contribution is -2.24. The Morgan fingerprint density at radius 3 is 2.39 bits per heavy atom. The van der Waals surface area contributed by atoms with Crippen molar-refractivity contribution in [3.8, 4) is 0 Å². The summed E-state index contributed by atoms with van der Waals surface area (Å²) in [4.78, 5) is 14.1. The number of likely N-dealkylation sites (tertiary alicyclic amines) is 1. The van der Waals surface area contributed by atoms with Crippen LogP contribution < -0.4 is 0 Å². The molecule has 1 saturated heterocycles. The van der Waals surface area contributed by atoms with E-state index in [1.54, 1.807) is 0 Å². The van der Waals surface area contributed by atoms with Gasteiger partial charge in [0.05, 0.1) is 5.92 Å². The van der Waals surface area contributed by atoms with Gasteiger partial charge in [0, 0.05) is 25.0 Å². The molecule has 1 unspecified atom stereocenters. The van der Waals surface area contributed by atoms with Crippen LogP contribution in [0.1, 0.15) is 23.5 Å². The SMILES string of the molecule is O=C(O)[C@H]1CN(Cc2ccccc2)CC12C[C@H]2c1ccccc1. The van der Waals surface area contributed by atoms with Crippen LogP contribution in [0.2, 0.25) is 0 Å². The molecule has 0 aromatic heterocycles.